The van der Waals surface area contributed by atoms with Gasteiger partial charge in [-0.05, 0) is 41.2 Å². The van der Waals surface area contributed by atoms with Crippen LogP contribution in [0.5, 0.6) is 11.5 Å². The molecule has 1 N–H and O–H groups in total. The summed E-state index contributed by atoms with van der Waals surface area (Å²) in [5, 5.41) is 3.75. The van der Waals surface area contributed by atoms with Gasteiger partial charge in [0.25, 0.3) is 0 Å². The maximum absolute atomic E-state index is 5.94. The molecule has 2 aromatic rings. The molecule has 1 aromatic carbocycles. The standard InChI is InChI=1S/C15H17BrClN3O/c1-9(2)15-19-8-14(12(20-15)7-18-3)21-13-5-4-10(17)6-11(13)16/h4-6,8-9,18H,7H2,1-3H3. The average molecular weight is 371 g/mol. The van der Waals surface area contributed by atoms with Gasteiger partial charge in [-0.25, -0.2) is 9.97 Å². The smallest absolute Gasteiger partial charge is 0.168 e. The molecule has 0 saturated carbocycles. The SMILES string of the molecule is CNCc1nc(C(C)C)ncc1Oc1ccc(Cl)cc1Br. The number of nitrogens with one attached hydrogen (secondary N) is 1. The maximum Gasteiger partial charge on any atom is 0.168 e. The summed E-state index contributed by atoms with van der Waals surface area (Å²) in [6.07, 6.45) is 1.72. The number of ether oxygens (including phenoxy) is 1. The Morgan fingerprint density at radius 1 is 1.33 bits per heavy atom. The zero-order valence-corrected chi connectivity index (χ0v) is 14.5. The summed E-state index contributed by atoms with van der Waals surface area (Å²) in [6, 6.07) is 5.38. The minimum absolute atomic E-state index is 0.275. The molecule has 6 heteroatoms. The van der Waals surface area contributed by atoms with Crippen LogP contribution in [0, 0.1) is 0 Å². The van der Waals surface area contributed by atoms with Gasteiger partial charge in [0, 0.05) is 17.5 Å². The van der Waals surface area contributed by atoms with Gasteiger partial charge in [0.1, 0.15) is 17.3 Å². The van der Waals surface area contributed by atoms with E-state index in [-0.39, 0.29) is 5.92 Å². The summed E-state index contributed by atoms with van der Waals surface area (Å²) in [6.45, 7) is 4.74. The molecule has 0 atom stereocenters. The molecule has 1 heterocycles. The molecule has 0 unspecified atom stereocenters. The number of aromatic nitrogens is 2. The van der Waals surface area contributed by atoms with Gasteiger partial charge in [0.2, 0.25) is 0 Å². The molecule has 0 bridgehead atoms. The summed E-state index contributed by atoms with van der Waals surface area (Å²) in [4.78, 5) is 8.92. The van der Waals surface area contributed by atoms with Crippen molar-refractivity contribution in [2.75, 3.05) is 7.05 Å². The zero-order valence-electron chi connectivity index (χ0n) is 12.2. The van der Waals surface area contributed by atoms with Crippen LogP contribution in [0.1, 0.15) is 31.3 Å². The molecule has 4 nitrogen and oxygen atoms in total. The molecule has 0 aliphatic carbocycles. The van der Waals surface area contributed by atoms with Crippen molar-refractivity contribution in [2.24, 2.45) is 0 Å². The van der Waals surface area contributed by atoms with E-state index in [1.54, 1.807) is 18.3 Å². The van der Waals surface area contributed by atoms with Gasteiger partial charge in [0.15, 0.2) is 5.75 Å². The van der Waals surface area contributed by atoms with Crippen LogP contribution in [0.15, 0.2) is 28.9 Å². The zero-order chi connectivity index (χ0) is 15.4. The highest BCUT2D eigenvalue weighted by Gasteiger charge is 2.12. The third kappa shape index (κ3) is 4.15. The van der Waals surface area contributed by atoms with Crippen molar-refractivity contribution in [3.05, 3.63) is 45.4 Å². The monoisotopic (exact) mass is 369 g/mol. The van der Waals surface area contributed by atoms with Crippen molar-refractivity contribution in [1.82, 2.24) is 15.3 Å². The van der Waals surface area contributed by atoms with E-state index >= 15 is 0 Å². The molecule has 0 fully saturated rings. The van der Waals surface area contributed by atoms with E-state index in [2.05, 4.69) is 45.1 Å². The van der Waals surface area contributed by atoms with Gasteiger partial charge in [-0.15, -0.1) is 0 Å². The van der Waals surface area contributed by atoms with Crippen LogP contribution >= 0.6 is 27.5 Å². The lowest BCUT2D eigenvalue weighted by atomic mass is 10.2. The summed E-state index contributed by atoms with van der Waals surface area (Å²) >= 11 is 9.38. The van der Waals surface area contributed by atoms with E-state index in [1.165, 1.54) is 0 Å². The Hall–Kier alpha value is -1.17. The van der Waals surface area contributed by atoms with Crippen molar-refractivity contribution in [1.29, 1.82) is 0 Å². The normalized spacial score (nSPS) is 11.0. The molecule has 0 spiro atoms. The summed E-state index contributed by atoms with van der Waals surface area (Å²) in [5.41, 5.74) is 0.832. The second-order valence-corrected chi connectivity index (χ2v) is 6.19. The second-order valence-electron chi connectivity index (χ2n) is 4.90. The Morgan fingerprint density at radius 3 is 2.71 bits per heavy atom. The minimum atomic E-state index is 0.275. The van der Waals surface area contributed by atoms with E-state index in [0.29, 0.717) is 23.1 Å². The predicted molar refractivity (Wildman–Crippen MR) is 88.1 cm³/mol. The van der Waals surface area contributed by atoms with Crippen molar-refractivity contribution >= 4 is 27.5 Å². The van der Waals surface area contributed by atoms with E-state index < -0.39 is 0 Å². The number of nitrogens with zero attached hydrogens (tertiary/aromatic N) is 2. The summed E-state index contributed by atoms with van der Waals surface area (Å²) < 4.78 is 6.70. The minimum Gasteiger partial charge on any atom is -0.453 e. The van der Waals surface area contributed by atoms with Crippen LogP contribution in [0.4, 0.5) is 0 Å². The topological polar surface area (TPSA) is 47.0 Å². The van der Waals surface area contributed by atoms with Crippen LogP contribution in [0.2, 0.25) is 5.02 Å². The van der Waals surface area contributed by atoms with Crippen LogP contribution in [-0.2, 0) is 6.54 Å². The highest BCUT2D eigenvalue weighted by molar-refractivity contribution is 9.10. The molecule has 112 valence electrons. The third-order valence-electron chi connectivity index (χ3n) is 2.82. The Balaban J connectivity index is 2.34. The fourth-order valence-corrected chi connectivity index (χ4v) is 2.52. The first-order valence-corrected chi connectivity index (χ1v) is 7.81. The lowest BCUT2D eigenvalue weighted by molar-refractivity contribution is 0.462. The van der Waals surface area contributed by atoms with Gasteiger partial charge in [-0.3, -0.25) is 0 Å². The van der Waals surface area contributed by atoms with Gasteiger partial charge in [-0.2, -0.15) is 0 Å². The fourth-order valence-electron chi connectivity index (χ4n) is 1.76. The molecule has 1 aromatic heterocycles. The van der Waals surface area contributed by atoms with E-state index in [1.807, 2.05) is 13.1 Å². The Kier molecular flexibility index (Phi) is 5.56. The Labute approximate surface area is 138 Å². The predicted octanol–water partition coefficient (Wildman–Crippen LogP) is 4.53. The van der Waals surface area contributed by atoms with Gasteiger partial charge in [0.05, 0.1) is 10.7 Å². The fraction of sp³-hybridized carbons (Fsp3) is 0.333. The largest absolute Gasteiger partial charge is 0.453 e. The van der Waals surface area contributed by atoms with Crippen LogP contribution in [0.25, 0.3) is 0 Å². The molecule has 0 aliphatic heterocycles. The molecular formula is C15H17BrClN3O. The van der Waals surface area contributed by atoms with Crippen molar-refractivity contribution in [3.8, 4) is 11.5 Å². The lowest BCUT2D eigenvalue weighted by Gasteiger charge is -2.13. The maximum atomic E-state index is 5.94. The highest BCUT2D eigenvalue weighted by Crippen LogP contribution is 2.33. The first-order valence-electron chi connectivity index (χ1n) is 6.64. The lowest BCUT2D eigenvalue weighted by Crippen LogP contribution is -2.11. The van der Waals surface area contributed by atoms with Gasteiger partial charge >= 0.3 is 0 Å². The number of rotatable bonds is 5. The quantitative estimate of drug-likeness (QED) is 0.840. The van der Waals surface area contributed by atoms with E-state index in [9.17, 15) is 0 Å². The molecule has 0 radical (unpaired) electrons. The van der Waals surface area contributed by atoms with Crippen LogP contribution in [0.3, 0.4) is 0 Å². The number of hydrogen-bond donors (Lipinski definition) is 1. The molecule has 0 saturated heterocycles. The number of halogens is 2. The molecular weight excluding hydrogens is 354 g/mol. The van der Waals surface area contributed by atoms with Crippen LogP contribution < -0.4 is 10.1 Å². The molecule has 0 amide bonds. The van der Waals surface area contributed by atoms with E-state index in [0.717, 1.165) is 16.0 Å². The van der Waals surface area contributed by atoms with Gasteiger partial charge in [-0.1, -0.05) is 25.4 Å². The third-order valence-corrected chi connectivity index (χ3v) is 3.68. The van der Waals surface area contributed by atoms with Gasteiger partial charge < -0.3 is 10.1 Å². The van der Waals surface area contributed by atoms with Crippen LogP contribution in [-0.4, -0.2) is 17.0 Å². The Morgan fingerprint density at radius 2 is 2.10 bits per heavy atom. The molecule has 21 heavy (non-hydrogen) atoms. The highest BCUT2D eigenvalue weighted by atomic mass is 79.9. The average Bonchev–Trinajstić information content (AvgIpc) is 2.43. The summed E-state index contributed by atoms with van der Waals surface area (Å²) in [7, 11) is 1.87. The first-order chi connectivity index (χ1) is 10.0. The second kappa shape index (κ2) is 7.20. The van der Waals surface area contributed by atoms with Crippen molar-refractivity contribution in [3.63, 3.8) is 0 Å². The van der Waals surface area contributed by atoms with Crippen molar-refractivity contribution in [2.45, 2.75) is 26.3 Å². The van der Waals surface area contributed by atoms with Crippen molar-refractivity contribution < 1.29 is 4.74 Å². The number of benzene rings is 1. The van der Waals surface area contributed by atoms with E-state index in [4.69, 9.17) is 16.3 Å². The first kappa shape index (κ1) is 16.2. The molecule has 2 rings (SSSR count). The number of hydrogen-bond acceptors (Lipinski definition) is 4. The molecule has 0 aliphatic rings. The Bertz CT molecular complexity index is 634. The summed E-state index contributed by atoms with van der Waals surface area (Å²) in [5.74, 6) is 2.40.